The highest BCUT2D eigenvalue weighted by atomic mass is 31.2. The topological polar surface area (TPSA) is 133 Å². The minimum absolute atomic E-state index is 0.124. The quantitative estimate of drug-likeness (QED) is 0.202. The van der Waals surface area contributed by atoms with Crippen molar-refractivity contribution in [2.45, 2.75) is 63.6 Å². The van der Waals surface area contributed by atoms with E-state index in [-0.39, 0.29) is 12.2 Å². The summed E-state index contributed by atoms with van der Waals surface area (Å²) < 4.78 is 12.0. The number of hydrazine groups is 2. The molecule has 0 saturated heterocycles. The summed E-state index contributed by atoms with van der Waals surface area (Å²) in [6.45, 7) is 1.85. The molecule has 8 nitrogen and oxygen atoms in total. The Bertz CT molecular complexity index is 347. The summed E-state index contributed by atoms with van der Waals surface area (Å²) in [5, 5.41) is 0. The van der Waals surface area contributed by atoms with E-state index in [1.807, 2.05) is 7.05 Å². The molecule has 0 aromatic heterocycles. The number of nitrogens with two attached hydrogens (primary N) is 3. The van der Waals surface area contributed by atoms with Crippen molar-refractivity contribution in [3.05, 3.63) is 0 Å². The molecule has 2 saturated carbocycles. The van der Waals surface area contributed by atoms with Gasteiger partial charge >= 0.3 is 8.02 Å². The average Bonchev–Trinajstić information content (AvgIpc) is 2.56. The number of nitrogens with one attached hydrogen (secondary N) is 3. The molecular formula is C15H36N6O2P+. The van der Waals surface area contributed by atoms with Crippen LogP contribution in [-0.4, -0.2) is 32.3 Å². The van der Waals surface area contributed by atoms with Gasteiger partial charge < -0.3 is 0 Å². The van der Waals surface area contributed by atoms with E-state index in [2.05, 4.69) is 16.3 Å². The van der Waals surface area contributed by atoms with Gasteiger partial charge in [-0.2, -0.15) is 9.05 Å². The summed E-state index contributed by atoms with van der Waals surface area (Å²) in [6, 6.07) is 0. The molecule has 24 heavy (non-hydrogen) atoms. The Hall–Kier alpha value is 0.110. The molecule has 0 radical (unpaired) electrons. The van der Waals surface area contributed by atoms with E-state index in [1.54, 1.807) is 0 Å². The zero-order valence-corrected chi connectivity index (χ0v) is 15.8. The van der Waals surface area contributed by atoms with Gasteiger partial charge in [0.05, 0.1) is 0 Å². The molecule has 2 rings (SSSR count). The fourth-order valence-electron chi connectivity index (χ4n) is 3.79. The number of rotatable bonds is 9. The lowest BCUT2D eigenvalue weighted by molar-refractivity contribution is 0.0737. The van der Waals surface area contributed by atoms with Crippen molar-refractivity contribution in [2.75, 3.05) is 20.1 Å². The Labute approximate surface area is 146 Å². The Kier molecular flexibility index (Phi) is 8.77. The second-order valence-electron chi connectivity index (χ2n) is 7.18. The molecule has 0 bridgehead atoms. The van der Waals surface area contributed by atoms with Crippen molar-refractivity contribution < 1.29 is 9.05 Å². The summed E-state index contributed by atoms with van der Waals surface area (Å²) in [7, 11) is -0.827. The zero-order chi connectivity index (χ0) is 17.4. The Morgan fingerprint density at radius 1 is 0.833 bits per heavy atom. The number of hydrogen-bond donors (Lipinski definition) is 6. The molecule has 0 aromatic rings. The van der Waals surface area contributed by atoms with Crippen LogP contribution in [0, 0.1) is 11.8 Å². The SMILES string of the molecule is CNNCC1CCC(O[P+](N)(N)OC2CCC(CNN)CC2)CC1. The normalized spacial score (nSPS) is 32.0. The molecule has 142 valence electrons. The van der Waals surface area contributed by atoms with Gasteiger partial charge in [-0.25, -0.2) is 0 Å². The Morgan fingerprint density at radius 3 is 1.71 bits per heavy atom. The summed E-state index contributed by atoms with van der Waals surface area (Å²) in [4.78, 5) is 0. The van der Waals surface area contributed by atoms with Gasteiger partial charge in [0.2, 0.25) is 0 Å². The average molecular weight is 363 g/mol. The van der Waals surface area contributed by atoms with Gasteiger partial charge in [-0.1, -0.05) is 0 Å². The smallest absolute Gasteiger partial charge is 0.271 e. The van der Waals surface area contributed by atoms with Crippen LogP contribution in [0.25, 0.3) is 0 Å². The van der Waals surface area contributed by atoms with Crippen LogP contribution in [0.1, 0.15) is 51.4 Å². The molecule has 0 unspecified atom stereocenters. The third-order valence-corrected chi connectivity index (χ3v) is 6.44. The van der Waals surface area contributed by atoms with E-state index in [9.17, 15) is 0 Å². The van der Waals surface area contributed by atoms with Crippen LogP contribution >= 0.6 is 8.02 Å². The first-order valence-corrected chi connectivity index (χ1v) is 10.9. The van der Waals surface area contributed by atoms with Crippen LogP contribution in [-0.2, 0) is 9.05 Å². The molecule has 2 aliphatic rings. The van der Waals surface area contributed by atoms with E-state index < -0.39 is 8.02 Å². The highest BCUT2D eigenvalue weighted by Gasteiger charge is 2.41. The molecular weight excluding hydrogens is 327 g/mol. The fraction of sp³-hybridized carbons (Fsp3) is 1.00. The van der Waals surface area contributed by atoms with Gasteiger partial charge in [0.1, 0.15) is 12.2 Å². The van der Waals surface area contributed by atoms with Crippen molar-refractivity contribution in [2.24, 2.45) is 28.7 Å². The second-order valence-corrected chi connectivity index (χ2v) is 8.89. The van der Waals surface area contributed by atoms with Gasteiger partial charge in [0.25, 0.3) is 0 Å². The number of hydrogen-bond acceptors (Lipinski definition) is 8. The highest BCUT2D eigenvalue weighted by Crippen LogP contribution is 2.50. The maximum atomic E-state index is 6.18. The summed E-state index contributed by atoms with van der Waals surface area (Å²) >= 11 is 0. The van der Waals surface area contributed by atoms with Crippen molar-refractivity contribution in [1.29, 1.82) is 0 Å². The summed E-state index contributed by atoms with van der Waals surface area (Å²) in [6.07, 6.45) is 8.69. The van der Waals surface area contributed by atoms with Crippen molar-refractivity contribution in [3.63, 3.8) is 0 Å². The molecule has 0 aliphatic heterocycles. The molecule has 0 heterocycles. The molecule has 2 fully saturated rings. The lowest BCUT2D eigenvalue weighted by Crippen LogP contribution is -2.37. The lowest BCUT2D eigenvalue weighted by atomic mass is 9.88. The van der Waals surface area contributed by atoms with Gasteiger partial charge in [0.15, 0.2) is 0 Å². The first-order chi connectivity index (χ1) is 11.5. The third-order valence-electron chi connectivity index (χ3n) is 5.19. The summed E-state index contributed by atoms with van der Waals surface area (Å²) in [5.41, 5.74) is 21.3. The minimum atomic E-state index is -2.72. The molecule has 0 atom stereocenters. The van der Waals surface area contributed by atoms with Crippen LogP contribution in [0.4, 0.5) is 0 Å². The molecule has 0 aromatic carbocycles. The van der Waals surface area contributed by atoms with Crippen LogP contribution < -0.4 is 33.1 Å². The molecule has 2 aliphatic carbocycles. The highest BCUT2D eigenvalue weighted by molar-refractivity contribution is 7.61. The van der Waals surface area contributed by atoms with E-state index >= 15 is 0 Å². The second kappa shape index (κ2) is 10.3. The predicted molar refractivity (Wildman–Crippen MR) is 98.2 cm³/mol. The predicted octanol–water partition coefficient (Wildman–Crippen LogP) is 0.920. The first kappa shape index (κ1) is 20.4. The molecule has 9 heteroatoms. The largest absolute Gasteiger partial charge is 0.426 e. The van der Waals surface area contributed by atoms with Gasteiger partial charge in [-0.15, -0.1) is 11.0 Å². The van der Waals surface area contributed by atoms with E-state index in [0.717, 1.165) is 64.5 Å². The summed E-state index contributed by atoms with van der Waals surface area (Å²) in [5.74, 6) is 6.71. The van der Waals surface area contributed by atoms with Crippen molar-refractivity contribution in [3.8, 4) is 0 Å². The van der Waals surface area contributed by atoms with Gasteiger partial charge in [0, 0.05) is 13.1 Å². The molecule has 9 N–H and O–H groups in total. The molecule has 0 spiro atoms. The lowest BCUT2D eigenvalue weighted by Gasteiger charge is -2.31. The van der Waals surface area contributed by atoms with Gasteiger partial charge in [-0.05, 0) is 70.3 Å². The third kappa shape index (κ3) is 7.15. The van der Waals surface area contributed by atoms with Crippen molar-refractivity contribution >= 4 is 8.02 Å². The fourth-order valence-corrected chi connectivity index (χ4v) is 5.19. The van der Waals surface area contributed by atoms with E-state index in [1.165, 1.54) is 0 Å². The molecule has 0 amide bonds. The van der Waals surface area contributed by atoms with Crippen LogP contribution in [0.3, 0.4) is 0 Å². The standard InChI is InChI=1S/C15H36N6O2P/c1-19-21-11-13-4-8-15(9-5-13)23-24(17,18)22-14-6-2-12(3-7-14)10-20-16/h12-15,19-21H,2-11,16-18H2,1H3/q+1. The maximum Gasteiger partial charge on any atom is 0.426 e. The van der Waals surface area contributed by atoms with Gasteiger partial charge in [-0.3, -0.25) is 22.1 Å². The van der Waals surface area contributed by atoms with Crippen LogP contribution in [0.15, 0.2) is 0 Å². The van der Waals surface area contributed by atoms with Crippen LogP contribution in [0.5, 0.6) is 0 Å². The van der Waals surface area contributed by atoms with Crippen LogP contribution in [0.2, 0.25) is 0 Å². The Morgan fingerprint density at radius 2 is 1.29 bits per heavy atom. The minimum Gasteiger partial charge on any atom is -0.271 e. The van der Waals surface area contributed by atoms with E-state index in [4.69, 9.17) is 25.9 Å². The first-order valence-electron chi connectivity index (χ1n) is 9.18. The van der Waals surface area contributed by atoms with Crippen molar-refractivity contribution in [1.82, 2.24) is 16.3 Å². The maximum absolute atomic E-state index is 6.18. The Balaban J connectivity index is 1.66. The zero-order valence-electron chi connectivity index (χ0n) is 14.9. The van der Waals surface area contributed by atoms with E-state index in [0.29, 0.717) is 11.8 Å². The monoisotopic (exact) mass is 363 g/mol.